The lowest BCUT2D eigenvalue weighted by molar-refractivity contribution is 0.0251. The van der Waals surface area contributed by atoms with E-state index in [4.69, 9.17) is 4.74 Å². The van der Waals surface area contributed by atoms with Crippen molar-refractivity contribution in [2.45, 2.75) is 30.4 Å². The Balaban J connectivity index is 1.24. The molecule has 4 nitrogen and oxygen atoms in total. The molecule has 0 N–H and O–H groups in total. The quantitative estimate of drug-likeness (QED) is 0.844. The van der Waals surface area contributed by atoms with Crippen LogP contribution in [0.5, 0.6) is 0 Å². The second-order valence-electron chi connectivity index (χ2n) is 6.45. The summed E-state index contributed by atoms with van der Waals surface area (Å²) in [6.07, 6.45) is 7.10. The molecule has 0 aliphatic carbocycles. The van der Waals surface area contributed by atoms with E-state index in [1.165, 1.54) is 18.7 Å². The van der Waals surface area contributed by atoms with Crippen LogP contribution in [0.2, 0.25) is 0 Å². The lowest BCUT2D eigenvalue weighted by atomic mass is 9.92. The number of ether oxygens (including phenoxy) is 1. The summed E-state index contributed by atoms with van der Waals surface area (Å²) in [4.78, 5) is 10.9. The third-order valence-corrected chi connectivity index (χ3v) is 6.12. The second-order valence-corrected chi connectivity index (χ2v) is 7.94. The molecule has 1 atom stereocenters. The van der Waals surface area contributed by atoms with Gasteiger partial charge in [-0.15, -0.1) is 11.8 Å². The van der Waals surface area contributed by atoms with Crippen LogP contribution in [0.3, 0.4) is 0 Å². The number of aromatic nitrogens is 2. The van der Waals surface area contributed by atoms with E-state index in [1.807, 2.05) is 36.8 Å². The topological polar surface area (TPSA) is 38.2 Å². The molecule has 0 amide bonds. The molecule has 2 saturated heterocycles. The van der Waals surface area contributed by atoms with Gasteiger partial charge in [-0.05, 0) is 36.2 Å². The van der Waals surface area contributed by atoms with Gasteiger partial charge in [0, 0.05) is 48.7 Å². The highest BCUT2D eigenvalue weighted by molar-refractivity contribution is 8.01. The molecule has 0 aromatic carbocycles. The fourth-order valence-electron chi connectivity index (χ4n) is 3.44. The van der Waals surface area contributed by atoms with Crippen molar-refractivity contribution in [3.63, 3.8) is 0 Å². The molecule has 23 heavy (non-hydrogen) atoms. The standard InChI is InChI=1S/C18H21N3OS/c1-2-6-20-16(3-1)11-22-17-9-18(23-12-17)13-21(14-18)10-15-4-7-19-8-5-15/h1-8,17H,9-14H2/t17-/m1/s1. The van der Waals surface area contributed by atoms with E-state index in [2.05, 4.69) is 38.8 Å². The van der Waals surface area contributed by atoms with Crippen molar-refractivity contribution in [2.75, 3.05) is 18.8 Å². The number of thioether (sulfide) groups is 1. The molecule has 2 aromatic heterocycles. The minimum Gasteiger partial charge on any atom is -0.371 e. The van der Waals surface area contributed by atoms with E-state index in [1.54, 1.807) is 0 Å². The zero-order chi connectivity index (χ0) is 15.5. The largest absolute Gasteiger partial charge is 0.371 e. The van der Waals surface area contributed by atoms with Crippen LogP contribution in [0.1, 0.15) is 17.7 Å². The molecule has 2 aliphatic rings. The highest BCUT2D eigenvalue weighted by atomic mass is 32.2. The fourth-order valence-corrected chi connectivity index (χ4v) is 5.05. The number of hydrogen-bond donors (Lipinski definition) is 0. The molecule has 120 valence electrons. The van der Waals surface area contributed by atoms with Crippen molar-refractivity contribution >= 4 is 11.8 Å². The lowest BCUT2D eigenvalue weighted by Crippen LogP contribution is -2.58. The van der Waals surface area contributed by atoms with E-state index in [9.17, 15) is 0 Å². The van der Waals surface area contributed by atoms with E-state index in [0.29, 0.717) is 17.5 Å². The minimum absolute atomic E-state index is 0.366. The zero-order valence-electron chi connectivity index (χ0n) is 13.1. The van der Waals surface area contributed by atoms with Crippen LogP contribution in [-0.2, 0) is 17.9 Å². The van der Waals surface area contributed by atoms with Crippen LogP contribution < -0.4 is 0 Å². The first-order valence-corrected chi connectivity index (χ1v) is 9.07. The molecule has 5 heteroatoms. The third-order valence-electron chi connectivity index (χ3n) is 4.55. The summed E-state index contributed by atoms with van der Waals surface area (Å²) in [7, 11) is 0. The minimum atomic E-state index is 0.366. The summed E-state index contributed by atoms with van der Waals surface area (Å²) in [5.41, 5.74) is 2.37. The predicted molar refractivity (Wildman–Crippen MR) is 92.1 cm³/mol. The Bertz CT molecular complexity index is 631. The van der Waals surface area contributed by atoms with Gasteiger partial charge in [-0.25, -0.2) is 0 Å². The summed E-state index contributed by atoms with van der Waals surface area (Å²) in [6, 6.07) is 10.2. The molecule has 1 spiro atoms. The highest BCUT2D eigenvalue weighted by Gasteiger charge is 2.49. The Morgan fingerprint density at radius 3 is 2.83 bits per heavy atom. The van der Waals surface area contributed by atoms with Crippen molar-refractivity contribution in [3.05, 3.63) is 60.2 Å². The summed E-state index contributed by atoms with van der Waals surface area (Å²) in [5, 5.41) is 0. The summed E-state index contributed by atoms with van der Waals surface area (Å²) in [6.45, 7) is 4.00. The van der Waals surface area contributed by atoms with Crippen molar-refractivity contribution in [1.29, 1.82) is 0 Å². The zero-order valence-corrected chi connectivity index (χ0v) is 13.9. The van der Waals surface area contributed by atoms with Gasteiger partial charge in [-0.3, -0.25) is 14.9 Å². The maximum absolute atomic E-state index is 6.06. The molecule has 2 aromatic rings. The second kappa shape index (κ2) is 6.59. The molecule has 0 radical (unpaired) electrons. The average Bonchev–Trinajstić information content (AvgIpc) is 2.99. The first-order chi connectivity index (χ1) is 11.3. The van der Waals surface area contributed by atoms with Crippen LogP contribution in [0.25, 0.3) is 0 Å². The molecule has 0 bridgehead atoms. The fraction of sp³-hybridized carbons (Fsp3) is 0.444. The molecular formula is C18H21N3OS. The molecule has 2 fully saturated rings. The van der Waals surface area contributed by atoms with E-state index in [-0.39, 0.29) is 0 Å². The number of rotatable bonds is 5. The van der Waals surface area contributed by atoms with Gasteiger partial charge in [0.1, 0.15) is 0 Å². The van der Waals surface area contributed by atoms with Crippen LogP contribution in [0.15, 0.2) is 48.9 Å². The van der Waals surface area contributed by atoms with Crippen LogP contribution in [0, 0.1) is 0 Å². The molecule has 4 heterocycles. The predicted octanol–water partition coefficient (Wildman–Crippen LogP) is 2.75. The van der Waals surface area contributed by atoms with Crippen molar-refractivity contribution < 1.29 is 4.74 Å². The van der Waals surface area contributed by atoms with E-state index in [0.717, 1.165) is 24.4 Å². The Labute approximate surface area is 141 Å². The summed E-state index contributed by atoms with van der Waals surface area (Å²) >= 11 is 2.09. The van der Waals surface area contributed by atoms with E-state index >= 15 is 0 Å². The smallest absolute Gasteiger partial charge is 0.0892 e. The normalized spacial score (nSPS) is 23.0. The van der Waals surface area contributed by atoms with Crippen molar-refractivity contribution in [1.82, 2.24) is 14.9 Å². The van der Waals surface area contributed by atoms with Gasteiger partial charge in [0.2, 0.25) is 0 Å². The third kappa shape index (κ3) is 3.57. The average molecular weight is 327 g/mol. The maximum atomic E-state index is 6.06. The number of likely N-dealkylation sites (tertiary alicyclic amines) is 1. The number of pyridine rings is 2. The molecule has 0 unspecified atom stereocenters. The van der Waals surface area contributed by atoms with Gasteiger partial charge in [-0.2, -0.15) is 0 Å². The summed E-state index contributed by atoms with van der Waals surface area (Å²) < 4.78 is 6.48. The van der Waals surface area contributed by atoms with Gasteiger partial charge in [0.25, 0.3) is 0 Å². The first-order valence-electron chi connectivity index (χ1n) is 8.08. The SMILES string of the molecule is c1ccc(CO[C@H]2CSC3(C2)CN(Cc2ccncc2)C3)nc1. The lowest BCUT2D eigenvalue weighted by Gasteiger charge is -2.47. The Morgan fingerprint density at radius 2 is 2.04 bits per heavy atom. The van der Waals surface area contributed by atoms with Gasteiger partial charge >= 0.3 is 0 Å². The van der Waals surface area contributed by atoms with Crippen LogP contribution >= 0.6 is 11.8 Å². The molecular weight excluding hydrogens is 306 g/mol. The molecule has 4 rings (SSSR count). The molecule has 2 aliphatic heterocycles. The van der Waals surface area contributed by atoms with Gasteiger partial charge in [-0.1, -0.05) is 6.07 Å². The van der Waals surface area contributed by atoms with Crippen molar-refractivity contribution in [3.8, 4) is 0 Å². The van der Waals surface area contributed by atoms with Crippen molar-refractivity contribution in [2.24, 2.45) is 0 Å². The highest BCUT2D eigenvalue weighted by Crippen LogP contribution is 2.46. The Hall–Kier alpha value is -1.43. The molecule has 0 saturated carbocycles. The van der Waals surface area contributed by atoms with Crippen LogP contribution in [-0.4, -0.2) is 44.6 Å². The Morgan fingerprint density at radius 1 is 1.17 bits per heavy atom. The number of nitrogens with zero attached hydrogens (tertiary/aromatic N) is 3. The Kier molecular flexibility index (Phi) is 4.33. The van der Waals surface area contributed by atoms with Gasteiger partial charge < -0.3 is 4.74 Å². The number of hydrogen-bond acceptors (Lipinski definition) is 5. The van der Waals surface area contributed by atoms with Gasteiger partial charge in [0.15, 0.2) is 0 Å². The first kappa shape index (κ1) is 15.1. The van der Waals surface area contributed by atoms with E-state index < -0.39 is 0 Å². The monoisotopic (exact) mass is 327 g/mol. The summed E-state index contributed by atoms with van der Waals surface area (Å²) in [5.74, 6) is 1.11. The van der Waals surface area contributed by atoms with Crippen LogP contribution in [0.4, 0.5) is 0 Å². The van der Waals surface area contributed by atoms with Gasteiger partial charge in [0.05, 0.1) is 18.4 Å². The maximum Gasteiger partial charge on any atom is 0.0892 e.